The number of carbonyl (C=O) groups is 1. The molecule has 1 amide bonds. The van der Waals surface area contributed by atoms with Crippen LogP contribution in [0.3, 0.4) is 0 Å². The number of piperazine rings is 1. The molecular weight excluding hydrogens is 455 g/mol. The van der Waals surface area contributed by atoms with Gasteiger partial charge in [-0.25, -0.2) is 9.07 Å². The molecule has 34 heavy (non-hydrogen) atoms. The number of anilines is 1. The number of hydrogen-bond donors (Lipinski definition) is 1. The Morgan fingerprint density at radius 1 is 1.15 bits per heavy atom. The maximum absolute atomic E-state index is 14.0. The molecule has 1 saturated heterocycles. The molecule has 10 heteroatoms. The first-order valence-corrected chi connectivity index (χ1v) is 12.3. The second-order valence-electron chi connectivity index (χ2n) is 8.53. The average molecular weight is 483 g/mol. The Morgan fingerprint density at radius 3 is 2.74 bits per heavy atom. The van der Waals surface area contributed by atoms with Crippen LogP contribution in [-0.4, -0.2) is 64.3 Å². The van der Waals surface area contributed by atoms with Crippen molar-refractivity contribution in [2.75, 3.05) is 44.2 Å². The summed E-state index contributed by atoms with van der Waals surface area (Å²) in [5, 5.41) is 9.24. The van der Waals surface area contributed by atoms with Gasteiger partial charge in [0, 0.05) is 32.7 Å². The van der Waals surface area contributed by atoms with Crippen LogP contribution in [0.5, 0.6) is 0 Å². The number of amides is 1. The van der Waals surface area contributed by atoms with E-state index in [2.05, 4.69) is 20.2 Å². The van der Waals surface area contributed by atoms with Crippen LogP contribution in [0.1, 0.15) is 12.2 Å². The molecule has 4 heterocycles. The molecule has 1 aliphatic heterocycles. The number of halogens is 1. The molecule has 1 fully saturated rings. The van der Waals surface area contributed by atoms with E-state index in [-0.39, 0.29) is 23.8 Å². The van der Waals surface area contributed by atoms with E-state index in [1.165, 1.54) is 10.7 Å². The molecule has 0 radical (unpaired) electrons. The van der Waals surface area contributed by atoms with Gasteiger partial charge in [-0.3, -0.25) is 18.9 Å². The molecular formula is C24H27FN6O2S. The van der Waals surface area contributed by atoms with Crippen LogP contribution in [0.2, 0.25) is 0 Å². The number of rotatable bonds is 7. The molecule has 178 valence electrons. The molecule has 5 rings (SSSR count). The normalized spacial score (nSPS) is 14.8. The van der Waals surface area contributed by atoms with Crippen molar-refractivity contribution < 1.29 is 9.18 Å². The highest BCUT2D eigenvalue weighted by atomic mass is 32.1. The summed E-state index contributed by atoms with van der Waals surface area (Å²) >= 11 is 1.58. The molecule has 0 unspecified atom stereocenters. The molecule has 8 nitrogen and oxygen atoms in total. The minimum atomic E-state index is -0.267. The minimum Gasteiger partial charge on any atom is -0.367 e. The van der Waals surface area contributed by atoms with Crippen LogP contribution in [-0.2, 0) is 11.3 Å². The molecule has 1 aliphatic rings. The number of para-hydroxylation sites is 1. The smallest absolute Gasteiger partial charge is 0.291 e. The number of benzene rings is 1. The molecule has 4 aromatic rings. The fraction of sp³-hybridized carbons (Fsp3) is 0.375. The fourth-order valence-electron chi connectivity index (χ4n) is 4.58. The zero-order valence-electron chi connectivity index (χ0n) is 19.0. The Hall–Kier alpha value is -3.24. The van der Waals surface area contributed by atoms with Crippen LogP contribution in [0.25, 0.3) is 15.7 Å². The van der Waals surface area contributed by atoms with Crippen molar-refractivity contribution in [3.05, 3.63) is 63.8 Å². The van der Waals surface area contributed by atoms with Gasteiger partial charge in [0.1, 0.15) is 23.7 Å². The Morgan fingerprint density at radius 2 is 1.94 bits per heavy atom. The highest BCUT2D eigenvalue weighted by Crippen LogP contribution is 2.24. The van der Waals surface area contributed by atoms with Crippen LogP contribution < -0.4 is 15.8 Å². The van der Waals surface area contributed by atoms with E-state index in [9.17, 15) is 14.0 Å². The molecule has 0 saturated carbocycles. The lowest BCUT2D eigenvalue weighted by Crippen LogP contribution is -2.47. The van der Waals surface area contributed by atoms with Crippen LogP contribution >= 0.6 is 11.3 Å². The van der Waals surface area contributed by atoms with E-state index in [0.717, 1.165) is 49.4 Å². The van der Waals surface area contributed by atoms with Gasteiger partial charge in [-0.1, -0.05) is 12.1 Å². The quantitative estimate of drug-likeness (QED) is 0.410. The van der Waals surface area contributed by atoms with Gasteiger partial charge in [0.25, 0.3) is 5.56 Å². The number of thiophene rings is 1. The van der Waals surface area contributed by atoms with Crippen molar-refractivity contribution in [1.29, 1.82) is 0 Å². The monoisotopic (exact) mass is 482 g/mol. The van der Waals surface area contributed by atoms with Crippen LogP contribution in [0, 0.1) is 12.7 Å². The lowest BCUT2D eigenvalue weighted by molar-refractivity contribution is -0.121. The second-order valence-corrected chi connectivity index (χ2v) is 9.48. The maximum Gasteiger partial charge on any atom is 0.291 e. The van der Waals surface area contributed by atoms with E-state index >= 15 is 0 Å². The standard InChI is InChI=1S/C24H27FN6O2S/c1-17-27-30(24(33)21-15-22-20(31(17)21)7-14-34-22)16-23(32)26-8-4-9-28-10-12-29(13-11-28)19-6-3-2-5-18(19)25/h2-3,5-7,14-15H,4,8-13,16H2,1H3,(H,26,32). The average Bonchev–Trinajstić information content (AvgIpc) is 3.43. The van der Waals surface area contributed by atoms with Gasteiger partial charge >= 0.3 is 0 Å². The summed E-state index contributed by atoms with van der Waals surface area (Å²) in [7, 11) is 0. The molecule has 0 bridgehead atoms. The summed E-state index contributed by atoms with van der Waals surface area (Å²) in [6, 6.07) is 10.7. The number of carbonyl (C=O) groups excluding carboxylic acids is 1. The Kier molecular flexibility index (Phi) is 6.34. The third-order valence-electron chi connectivity index (χ3n) is 6.30. The minimum absolute atomic E-state index is 0.101. The second kappa shape index (κ2) is 9.55. The third-order valence-corrected chi connectivity index (χ3v) is 7.15. The summed E-state index contributed by atoms with van der Waals surface area (Å²) in [4.78, 5) is 29.7. The molecule has 3 aromatic heterocycles. The number of aromatic nitrogens is 3. The summed E-state index contributed by atoms with van der Waals surface area (Å²) < 4.78 is 18.1. The zero-order chi connectivity index (χ0) is 23.7. The third kappa shape index (κ3) is 4.43. The maximum atomic E-state index is 14.0. The summed E-state index contributed by atoms with van der Waals surface area (Å²) in [6.07, 6.45) is 0.806. The lowest BCUT2D eigenvalue weighted by atomic mass is 10.2. The number of nitrogens with zero attached hydrogens (tertiary/aromatic N) is 5. The van der Waals surface area contributed by atoms with E-state index in [1.54, 1.807) is 17.4 Å². The molecule has 1 aromatic carbocycles. The van der Waals surface area contributed by atoms with Gasteiger partial charge in [-0.2, -0.15) is 5.10 Å². The number of hydrogen-bond acceptors (Lipinski definition) is 6. The zero-order valence-corrected chi connectivity index (χ0v) is 19.9. The molecule has 0 aliphatic carbocycles. The van der Waals surface area contributed by atoms with Crippen molar-refractivity contribution in [3.63, 3.8) is 0 Å². The molecule has 0 atom stereocenters. The Bertz CT molecular complexity index is 1390. The summed E-state index contributed by atoms with van der Waals surface area (Å²) in [5.41, 5.74) is 1.90. The lowest BCUT2D eigenvalue weighted by Gasteiger charge is -2.36. The van der Waals surface area contributed by atoms with E-state index in [4.69, 9.17) is 0 Å². The van der Waals surface area contributed by atoms with Gasteiger partial charge in [-0.05, 0) is 49.5 Å². The van der Waals surface area contributed by atoms with Crippen LogP contribution in [0.4, 0.5) is 10.1 Å². The van der Waals surface area contributed by atoms with Crippen molar-refractivity contribution in [1.82, 2.24) is 24.4 Å². The van der Waals surface area contributed by atoms with Crippen molar-refractivity contribution in [2.24, 2.45) is 0 Å². The Labute approximate surface area is 200 Å². The van der Waals surface area contributed by atoms with Crippen molar-refractivity contribution in [3.8, 4) is 0 Å². The van der Waals surface area contributed by atoms with Gasteiger partial charge in [0.15, 0.2) is 0 Å². The summed E-state index contributed by atoms with van der Waals surface area (Å²) in [6.45, 7) is 6.40. The topological polar surface area (TPSA) is 74.9 Å². The van der Waals surface area contributed by atoms with E-state index < -0.39 is 0 Å². The number of nitrogens with one attached hydrogen (secondary N) is 1. The van der Waals surface area contributed by atoms with Crippen molar-refractivity contribution >= 4 is 38.7 Å². The SMILES string of the molecule is Cc1nn(CC(=O)NCCCN2CCN(c3ccccc3F)CC2)c(=O)c2cc3sccc3n12. The van der Waals surface area contributed by atoms with Gasteiger partial charge in [0.05, 0.1) is 15.9 Å². The number of aryl methyl sites for hydroxylation is 1. The van der Waals surface area contributed by atoms with Crippen molar-refractivity contribution in [2.45, 2.75) is 19.9 Å². The first kappa shape index (κ1) is 22.5. The Balaban J connectivity index is 1.09. The fourth-order valence-corrected chi connectivity index (χ4v) is 5.38. The number of fused-ring (bicyclic) bond motifs is 3. The first-order valence-electron chi connectivity index (χ1n) is 11.5. The largest absolute Gasteiger partial charge is 0.367 e. The van der Waals surface area contributed by atoms with Crippen LogP contribution in [0.15, 0.2) is 46.6 Å². The summed E-state index contributed by atoms with van der Waals surface area (Å²) in [5.74, 6) is 0.264. The highest BCUT2D eigenvalue weighted by molar-refractivity contribution is 7.17. The predicted octanol–water partition coefficient (Wildman–Crippen LogP) is 2.49. The predicted molar refractivity (Wildman–Crippen MR) is 132 cm³/mol. The van der Waals surface area contributed by atoms with Gasteiger partial charge < -0.3 is 10.2 Å². The molecule has 1 N–H and O–H groups in total. The van der Waals surface area contributed by atoms with Gasteiger partial charge in [0.2, 0.25) is 5.91 Å². The van der Waals surface area contributed by atoms with Gasteiger partial charge in [-0.15, -0.1) is 11.3 Å². The molecule has 0 spiro atoms. The van der Waals surface area contributed by atoms with E-state index in [0.29, 0.717) is 23.6 Å². The highest BCUT2D eigenvalue weighted by Gasteiger charge is 2.19. The van der Waals surface area contributed by atoms with E-state index in [1.807, 2.05) is 41.0 Å². The first-order chi connectivity index (χ1) is 16.5.